The van der Waals surface area contributed by atoms with Crippen molar-refractivity contribution in [2.75, 3.05) is 0 Å². The summed E-state index contributed by atoms with van der Waals surface area (Å²) in [6.07, 6.45) is 3.99. The van der Waals surface area contributed by atoms with Crippen LogP contribution in [0.3, 0.4) is 0 Å². The zero-order valence-electron chi connectivity index (χ0n) is 12.8. The second kappa shape index (κ2) is 6.58. The lowest BCUT2D eigenvalue weighted by Crippen LogP contribution is -2.42. The van der Waals surface area contributed by atoms with Crippen LogP contribution in [0.5, 0.6) is 0 Å². The van der Waals surface area contributed by atoms with Crippen LogP contribution in [0, 0.1) is 0 Å². The number of hydrogen-bond acceptors (Lipinski definition) is 3. The van der Waals surface area contributed by atoms with E-state index in [0.717, 1.165) is 24.6 Å². The fourth-order valence-corrected chi connectivity index (χ4v) is 2.87. The standard InChI is InChI=1S/C16H28N2O/c1-12(2)17-10-15-8-9-16(19-15)11-18-13(3)6-5-7-14(18)4/h8-9,12-14,17H,5-7,10-11H2,1-4H3. The van der Waals surface area contributed by atoms with Gasteiger partial charge in [-0.2, -0.15) is 0 Å². The van der Waals surface area contributed by atoms with Gasteiger partial charge in [-0.15, -0.1) is 0 Å². The molecule has 19 heavy (non-hydrogen) atoms. The smallest absolute Gasteiger partial charge is 0.118 e. The lowest BCUT2D eigenvalue weighted by molar-refractivity contribution is 0.0866. The lowest BCUT2D eigenvalue weighted by Gasteiger charge is -2.38. The van der Waals surface area contributed by atoms with Crippen LogP contribution in [0.25, 0.3) is 0 Å². The van der Waals surface area contributed by atoms with Crippen molar-refractivity contribution in [2.45, 2.75) is 78.2 Å². The fourth-order valence-electron chi connectivity index (χ4n) is 2.87. The number of rotatable bonds is 5. The molecule has 0 saturated carbocycles. The van der Waals surface area contributed by atoms with E-state index in [1.807, 2.05) is 0 Å². The van der Waals surface area contributed by atoms with Gasteiger partial charge in [-0.05, 0) is 38.8 Å². The van der Waals surface area contributed by atoms with Crippen LogP contribution < -0.4 is 5.32 Å². The van der Waals surface area contributed by atoms with E-state index in [-0.39, 0.29) is 0 Å². The first-order chi connectivity index (χ1) is 9.06. The number of likely N-dealkylation sites (tertiary alicyclic amines) is 1. The highest BCUT2D eigenvalue weighted by Gasteiger charge is 2.25. The van der Waals surface area contributed by atoms with Gasteiger partial charge in [0, 0.05) is 18.1 Å². The van der Waals surface area contributed by atoms with Crippen molar-refractivity contribution in [2.24, 2.45) is 0 Å². The molecule has 2 heterocycles. The lowest BCUT2D eigenvalue weighted by atomic mass is 9.97. The largest absolute Gasteiger partial charge is 0.463 e. The molecule has 3 nitrogen and oxygen atoms in total. The van der Waals surface area contributed by atoms with Crippen molar-refractivity contribution in [1.82, 2.24) is 10.2 Å². The Balaban J connectivity index is 1.91. The van der Waals surface area contributed by atoms with Gasteiger partial charge < -0.3 is 9.73 Å². The van der Waals surface area contributed by atoms with Crippen LogP contribution in [0.4, 0.5) is 0 Å². The first kappa shape index (κ1) is 14.6. The molecule has 1 aliphatic rings. The highest BCUT2D eigenvalue weighted by Crippen LogP contribution is 2.25. The molecule has 1 aromatic heterocycles. The zero-order chi connectivity index (χ0) is 13.8. The Morgan fingerprint density at radius 2 is 1.84 bits per heavy atom. The Kier molecular flexibility index (Phi) is 5.06. The molecular formula is C16H28N2O. The highest BCUT2D eigenvalue weighted by atomic mass is 16.3. The maximum absolute atomic E-state index is 5.93. The molecule has 0 spiro atoms. The second-order valence-corrected chi connectivity index (χ2v) is 6.20. The van der Waals surface area contributed by atoms with Gasteiger partial charge in [-0.1, -0.05) is 20.3 Å². The first-order valence-corrected chi connectivity index (χ1v) is 7.63. The predicted octanol–water partition coefficient (Wildman–Crippen LogP) is 3.54. The molecule has 0 amide bonds. The van der Waals surface area contributed by atoms with Crippen molar-refractivity contribution >= 4 is 0 Å². The average molecular weight is 264 g/mol. The van der Waals surface area contributed by atoms with Crippen molar-refractivity contribution in [3.63, 3.8) is 0 Å². The molecule has 2 rings (SSSR count). The Labute approximate surface area is 117 Å². The molecule has 1 aromatic rings. The van der Waals surface area contributed by atoms with Gasteiger partial charge >= 0.3 is 0 Å². The minimum absolute atomic E-state index is 0.496. The van der Waals surface area contributed by atoms with Crippen molar-refractivity contribution in [3.8, 4) is 0 Å². The topological polar surface area (TPSA) is 28.4 Å². The predicted molar refractivity (Wildman–Crippen MR) is 79.0 cm³/mol. The van der Waals surface area contributed by atoms with E-state index in [1.165, 1.54) is 19.3 Å². The monoisotopic (exact) mass is 264 g/mol. The molecule has 1 fully saturated rings. The Morgan fingerprint density at radius 3 is 2.47 bits per heavy atom. The third-order valence-electron chi connectivity index (χ3n) is 4.12. The summed E-state index contributed by atoms with van der Waals surface area (Å²) in [5.74, 6) is 2.14. The molecule has 1 aliphatic heterocycles. The van der Waals surface area contributed by atoms with Crippen LogP contribution in [-0.2, 0) is 13.1 Å². The van der Waals surface area contributed by atoms with Crippen LogP contribution in [0.1, 0.15) is 58.5 Å². The summed E-state index contributed by atoms with van der Waals surface area (Å²) in [5, 5.41) is 3.39. The van der Waals surface area contributed by atoms with Gasteiger partial charge in [0.1, 0.15) is 11.5 Å². The molecule has 0 aromatic carbocycles. The van der Waals surface area contributed by atoms with Gasteiger partial charge in [0.2, 0.25) is 0 Å². The maximum Gasteiger partial charge on any atom is 0.118 e. The van der Waals surface area contributed by atoms with Gasteiger partial charge in [0.05, 0.1) is 13.1 Å². The Morgan fingerprint density at radius 1 is 1.21 bits per heavy atom. The summed E-state index contributed by atoms with van der Waals surface area (Å²) in [5.41, 5.74) is 0. The number of hydrogen-bond donors (Lipinski definition) is 1. The quantitative estimate of drug-likeness (QED) is 0.881. The summed E-state index contributed by atoms with van der Waals surface area (Å²) in [6, 6.07) is 6.07. The molecule has 108 valence electrons. The first-order valence-electron chi connectivity index (χ1n) is 7.63. The molecule has 0 bridgehead atoms. The van der Waals surface area contributed by atoms with E-state index in [0.29, 0.717) is 18.1 Å². The zero-order valence-corrected chi connectivity index (χ0v) is 12.8. The third-order valence-corrected chi connectivity index (χ3v) is 4.12. The van der Waals surface area contributed by atoms with Crippen molar-refractivity contribution in [1.29, 1.82) is 0 Å². The minimum Gasteiger partial charge on any atom is -0.463 e. The molecule has 0 aliphatic carbocycles. The van der Waals surface area contributed by atoms with E-state index in [9.17, 15) is 0 Å². The Hall–Kier alpha value is -0.800. The fraction of sp³-hybridized carbons (Fsp3) is 0.750. The number of furan rings is 1. The van der Waals surface area contributed by atoms with Gasteiger partial charge in [-0.3, -0.25) is 4.90 Å². The second-order valence-electron chi connectivity index (χ2n) is 6.20. The van der Waals surface area contributed by atoms with Crippen LogP contribution in [-0.4, -0.2) is 23.0 Å². The molecule has 1 saturated heterocycles. The van der Waals surface area contributed by atoms with E-state index < -0.39 is 0 Å². The Bertz CT molecular complexity index is 376. The van der Waals surface area contributed by atoms with Crippen LogP contribution >= 0.6 is 0 Å². The van der Waals surface area contributed by atoms with Gasteiger partial charge in [-0.25, -0.2) is 0 Å². The van der Waals surface area contributed by atoms with Crippen LogP contribution in [0.15, 0.2) is 16.5 Å². The van der Waals surface area contributed by atoms with E-state index in [1.54, 1.807) is 0 Å². The average Bonchev–Trinajstić information content (AvgIpc) is 2.79. The third kappa shape index (κ3) is 4.08. The number of nitrogens with one attached hydrogen (secondary N) is 1. The maximum atomic E-state index is 5.93. The van der Waals surface area contributed by atoms with Gasteiger partial charge in [0.25, 0.3) is 0 Å². The summed E-state index contributed by atoms with van der Waals surface area (Å²) >= 11 is 0. The summed E-state index contributed by atoms with van der Waals surface area (Å²) < 4.78 is 5.93. The van der Waals surface area contributed by atoms with Crippen molar-refractivity contribution in [3.05, 3.63) is 23.7 Å². The number of piperidine rings is 1. The van der Waals surface area contributed by atoms with E-state index >= 15 is 0 Å². The molecule has 0 radical (unpaired) electrons. The van der Waals surface area contributed by atoms with E-state index in [4.69, 9.17) is 4.42 Å². The highest BCUT2D eigenvalue weighted by molar-refractivity contribution is 5.07. The minimum atomic E-state index is 0.496. The summed E-state index contributed by atoms with van der Waals surface area (Å²) in [7, 11) is 0. The van der Waals surface area contributed by atoms with Gasteiger partial charge in [0.15, 0.2) is 0 Å². The SMILES string of the molecule is CC(C)NCc1ccc(CN2C(C)CCCC2C)o1. The molecule has 2 unspecified atom stereocenters. The normalized spacial score (nSPS) is 25.1. The molecule has 2 atom stereocenters. The summed E-state index contributed by atoms with van der Waals surface area (Å²) in [4.78, 5) is 2.57. The molecular weight excluding hydrogens is 236 g/mol. The molecule has 1 N–H and O–H groups in total. The van der Waals surface area contributed by atoms with E-state index in [2.05, 4.69) is 50.0 Å². The molecule has 3 heteroatoms. The number of nitrogens with zero attached hydrogens (tertiary/aromatic N) is 1. The van der Waals surface area contributed by atoms with Crippen LogP contribution in [0.2, 0.25) is 0 Å². The summed E-state index contributed by atoms with van der Waals surface area (Å²) in [6.45, 7) is 10.7. The van der Waals surface area contributed by atoms with Crippen molar-refractivity contribution < 1.29 is 4.42 Å².